The fourth-order valence-corrected chi connectivity index (χ4v) is 2.35. The third kappa shape index (κ3) is 4.18. The van der Waals surface area contributed by atoms with Crippen molar-refractivity contribution in [2.45, 2.75) is 52.9 Å². The van der Waals surface area contributed by atoms with Crippen LogP contribution in [0.25, 0.3) is 10.9 Å². The Morgan fingerprint density at radius 2 is 2.12 bits per heavy atom. The number of amides is 1. The van der Waals surface area contributed by atoms with Crippen molar-refractivity contribution >= 4 is 22.8 Å². The summed E-state index contributed by atoms with van der Waals surface area (Å²) < 4.78 is 76.0. The zero-order valence-corrected chi connectivity index (χ0v) is 14.5. The number of aromatic nitrogens is 2. The third-order valence-corrected chi connectivity index (χ3v) is 3.61. The van der Waals surface area contributed by atoms with E-state index in [9.17, 15) is 9.59 Å². The first kappa shape index (κ1) is 9.94. The number of methoxy groups -OCH3 is 1. The van der Waals surface area contributed by atoms with Gasteiger partial charge in [-0.15, -0.1) is 0 Å². The van der Waals surface area contributed by atoms with Gasteiger partial charge >= 0.3 is 5.97 Å². The van der Waals surface area contributed by atoms with E-state index in [-0.39, 0.29) is 16.6 Å². The molecule has 0 saturated heterocycles. The van der Waals surface area contributed by atoms with E-state index >= 15 is 0 Å². The van der Waals surface area contributed by atoms with E-state index < -0.39 is 49.4 Å². The lowest BCUT2D eigenvalue weighted by molar-refractivity contribution is -0.145. The highest BCUT2D eigenvalue weighted by atomic mass is 16.5. The minimum absolute atomic E-state index is 0.0757. The molecular weight excluding hydrogens is 318 g/mol. The number of esters is 1. The second-order valence-corrected chi connectivity index (χ2v) is 6.44. The maximum absolute atomic E-state index is 13.1. The molecule has 0 radical (unpaired) electrons. The number of rotatable bonds is 6. The number of hydrogen-bond donors (Lipinski definition) is 1. The van der Waals surface area contributed by atoms with Crippen LogP contribution < -0.4 is 5.32 Å². The van der Waals surface area contributed by atoms with E-state index in [0.717, 1.165) is 7.11 Å². The van der Waals surface area contributed by atoms with Gasteiger partial charge in [-0.25, -0.2) is 4.79 Å². The van der Waals surface area contributed by atoms with Crippen molar-refractivity contribution in [2.75, 3.05) is 7.11 Å². The first-order valence-corrected chi connectivity index (χ1v) is 7.58. The van der Waals surface area contributed by atoms with Crippen molar-refractivity contribution in [3.05, 3.63) is 30.0 Å². The summed E-state index contributed by atoms with van der Waals surface area (Å²) in [4.78, 5) is 25.3. The summed E-state index contributed by atoms with van der Waals surface area (Å²) in [6, 6.07) is 4.65. The lowest BCUT2D eigenvalue weighted by Crippen LogP contribution is -2.49. The highest BCUT2D eigenvalue weighted by Gasteiger charge is 2.34. The van der Waals surface area contributed by atoms with Gasteiger partial charge in [0.1, 0.15) is 6.04 Å². The fourth-order valence-electron chi connectivity index (χ4n) is 2.35. The van der Waals surface area contributed by atoms with Crippen LogP contribution in [-0.4, -0.2) is 34.8 Å². The van der Waals surface area contributed by atoms with Crippen LogP contribution in [0.3, 0.4) is 0 Å². The van der Waals surface area contributed by atoms with Crippen LogP contribution >= 0.6 is 0 Å². The molecule has 0 aliphatic heterocycles. The van der Waals surface area contributed by atoms with Gasteiger partial charge in [0.05, 0.1) is 15.4 Å². The van der Waals surface area contributed by atoms with Gasteiger partial charge in [-0.05, 0) is 17.9 Å². The van der Waals surface area contributed by atoms with Crippen molar-refractivity contribution in [1.29, 1.82) is 0 Å². The Kier molecular flexibility index (Phi) is 3.05. The molecular formula is C19H27N3O3. The van der Waals surface area contributed by atoms with Crippen LogP contribution in [0.1, 0.15) is 63.2 Å². The number of aryl methyl sites for hydroxylation is 1. The number of fused-ring (bicyclic) bond motifs is 1. The van der Waals surface area contributed by atoms with E-state index in [1.807, 2.05) is 0 Å². The molecule has 1 atom stereocenters. The number of nitrogens with one attached hydrogen (secondary N) is 1. The van der Waals surface area contributed by atoms with Crippen molar-refractivity contribution < 1.29 is 26.7 Å². The lowest BCUT2D eigenvalue weighted by atomic mass is 9.86. The van der Waals surface area contributed by atoms with Gasteiger partial charge in [0, 0.05) is 21.5 Å². The predicted molar refractivity (Wildman–Crippen MR) is 97.4 cm³/mol. The van der Waals surface area contributed by atoms with Crippen LogP contribution in [0.5, 0.6) is 0 Å². The Morgan fingerprint density at radius 1 is 1.40 bits per heavy atom. The number of ether oxygens (including phenoxy) is 1. The molecule has 0 fully saturated rings. The van der Waals surface area contributed by atoms with Gasteiger partial charge in [0.2, 0.25) is 0 Å². The highest BCUT2D eigenvalue weighted by molar-refractivity contribution is 6.06. The van der Waals surface area contributed by atoms with Gasteiger partial charge in [-0.2, -0.15) is 5.10 Å². The van der Waals surface area contributed by atoms with E-state index in [1.165, 1.54) is 24.3 Å². The quantitative estimate of drug-likeness (QED) is 0.809. The van der Waals surface area contributed by atoms with Gasteiger partial charge in [0.15, 0.2) is 5.69 Å². The second-order valence-electron chi connectivity index (χ2n) is 6.44. The molecule has 0 spiro atoms. The monoisotopic (exact) mass is 354 g/mol. The van der Waals surface area contributed by atoms with Gasteiger partial charge < -0.3 is 10.1 Å². The first-order valence-electron chi connectivity index (χ1n) is 12.1. The molecule has 2 rings (SSSR count). The molecule has 2 aromatic rings. The summed E-state index contributed by atoms with van der Waals surface area (Å²) in [5, 5.41) is 6.52. The standard InChI is InChI=1S/C19H27N3O3/c1-6-7-12-22-14-11-9-8-10-13(14)15(21-22)17(23)20-16(18(24)25-5)19(2,3)4/h8-11,16H,6-7,12H2,1-5H3,(H,20,23)/t16-/m1/s1/i1D3,6D2,7D2,12D2. The maximum atomic E-state index is 13.1. The number of hydrogen-bond acceptors (Lipinski definition) is 4. The minimum atomic E-state index is -3.61. The molecule has 6 heteroatoms. The van der Waals surface area contributed by atoms with E-state index in [0.29, 0.717) is 4.68 Å². The van der Waals surface area contributed by atoms with Gasteiger partial charge in [-0.3, -0.25) is 9.48 Å². The summed E-state index contributed by atoms with van der Waals surface area (Å²) in [6.45, 7) is -1.76. The average Bonchev–Trinajstić information content (AvgIpc) is 3.09. The van der Waals surface area contributed by atoms with E-state index in [1.54, 1.807) is 20.8 Å². The second kappa shape index (κ2) is 7.68. The molecule has 6 nitrogen and oxygen atoms in total. The Hall–Kier alpha value is -2.37. The maximum Gasteiger partial charge on any atom is 0.328 e. The Balaban J connectivity index is 2.67. The molecule has 0 saturated carbocycles. The number of carbonyl (C=O) groups excluding carboxylic acids is 2. The first-order chi connectivity index (χ1) is 15.2. The molecule has 0 aliphatic rings. The van der Waals surface area contributed by atoms with Crippen LogP contribution in [-0.2, 0) is 16.0 Å². The summed E-state index contributed by atoms with van der Waals surface area (Å²) >= 11 is 0. The van der Waals surface area contributed by atoms with E-state index in [2.05, 4.69) is 10.4 Å². The fraction of sp³-hybridized carbons (Fsp3) is 0.526. The number of para-hydroxylation sites is 1. The molecule has 1 aromatic carbocycles. The number of nitrogens with zero attached hydrogens (tertiary/aromatic N) is 2. The molecule has 25 heavy (non-hydrogen) atoms. The smallest absolute Gasteiger partial charge is 0.328 e. The predicted octanol–water partition coefficient (Wildman–Crippen LogP) is 3.15. The SMILES string of the molecule is [2H]C([2H])([2H])C([2H])([2H])C([2H])([2H])C([2H])([2H])n1nc(C(=O)N[C@H](C(=O)OC)C(C)(C)C)c2ccccc21. The molecule has 0 bridgehead atoms. The van der Waals surface area contributed by atoms with Crippen LogP contribution in [0, 0.1) is 5.41 Å². The van der Waals surface area contributed by atoms with Crippen molar-refractivity contribution in [2.24, 2.45) is 5.41 Å². The molecule has 0 unspecified atom stereocenters. The van der Waals surface area contributed by atoms with Crippen molar-refractivity contribution in [1.82, 2.24) is 15.1 Å². The van der Waals surface area contributed by atoms with E-state index in [4.69, 9.17) is 17.1 Å². The average molecular weight is 354 g/mol. The zero-order valence-electron chi connectivity index (χ0n) is 23.5. The largest absolute Gasteiger partial charge is 0.467 e. The minimum Gasteiger partial charge on any atom is -0.467 e. The third-order valence-electron chi connectivity index (χ3n) is 3.61. The lowest BCUT2D eigenvalue weighted by Gasteiger charge is -2.28. The molecule has 0 aliphatic carbocycles. The summed E-state index contributed by atoms with van der Waals surface area (Å²) in [5.41, 5.74) is -1.20. The normalized spacial score (nSPS) is 20.4. The molecule has 1 aromatic heterocycles. The Labute approximate surface area is 161 Å². The van der Waals surface area contributed by atoms with Crippen molar-refractivity contribution in [3.8, 4) is 0 Å². The van der Waals surface area contributed by atoms with Crippen LogP contribution in [0.2, 0.25) is 0 Å². The summed E-state index contributed by atoms with van der Waals surface area (Å²) in [7, 11) is 1.16. The topological polar surface area (TPSA) is 73.2 Å². The van der Waals surface area contributed by atoms with Crippen LogP contribution in [0.15, 0.2) is 24.3 Å². The Bertz CT molecular complexity index is 1090. The van der Waals surface area contributed by atoms with Gasteiger partial charge in [0.25, 0.3) is 5.91 Å². The molecule has 1 N–H and O–H groups in total. The molecule has 1 heterocycles. The van der Waals surface area contributed by atoms with Crippen LogP contribution in [0.4, 0.5) is 0 Å². The number of benzene rings is 1. The zero-order chi connectivity index (χ0) is 26.5. The molecule has 1 amide bonds. The van der Waals surface area contributed by atoms with Crippen molar-refractivity contribution in [3.63, 3.8) is 0 Å². The highest BCUT2D eigenvalue weighted by Crippen LogP contribution is 2.23. The molecule has 136 valence electrons. The van der Waals surface area contributed by atoms with Gasteiger partial charge in [-0.1, -0.05) is 52.2 Å². The summed E-state index contributed by atoms with van der Waals surface area (Å²) in [5.74, 6) is -1.60. The summed E-state index contributed by atoms with van der Waals surface area (Å²) in [6.07, 6.45) is -7.21. The number of carbonyl (C=O) groups is 2. The Morgan fingerprint density at radius 3 is 2.76 bits per heavy atom.